The fraction of sp³-hybridized carbons (Fsp3) is 0.818. The Bertz CT molecular complexity index is 246. The molecule has 16 heavy (non-hydrogen) atoms. The Morgan fingerprint density at radius 3 is 2.31 bits per heavy atom. The van der Waals surface area contributed by atoms with Gasteiger partial charge in [-0.1, -0.05) is 0 Å². The highest BCUT2D eigenvalue weighted by molar-refractivity contribution is 7.80. The second kappa shape index (κ2) is 6.68. The van der Waals surface area contributed by atoms with Crippen LogP contribution in [0.4, 0.5) is 0 Å². The van der Waals surface area contributed by atoms with Gasteiger partial charge in [0, 0.05) is 24.5 Å². The predicted octanol–water partition coefficient (Wildman–Crippen LogP) is 1.16. The summed E-state index contributed by atoms with van der Waals surface area (Å²) in [6.45, 7) is 10.5. The molecule has 0 bridgehead atoms. The summed E-state index contributed by atoms with van der Waals surface area (Å²) in [6.07, 6.45) is 0.428. The zero-order chi connectivity index (χ0) is 12.8. The summed E-state index contributed by atoms with van der Waals surface area (Å²) in [6, 6.07) is 0.309. The Hall–Kier alpha value is -0.840. The van der Waals surface area contributed by atoms with Crippen molar-refractivity contribution < 1.29 is 4.79 Å². The van der Waals surface area contributed by atoms with Crippen LogP contribution in [-0.4, -0.2) is 29.1 Å². The fourth-order valence-corrected chi connectivity index (χ4v) is 1.42. The van der Waals surface area contributed by atoms with Crippen molar-refractivity contribution in [3.63, 3.8) is 0 Å². The monoisotopic (exact) mass is 245 g/mol. The van der Waals surface area contributed by atoms with Gasteiger partial charge >= 0.3 is 0 Å². The van der Waals surface area contributed by atoms with E-state index < -0.39 is 0 Å². The maximum absolute atomic E-state index is 11.4. The van der Waals surface area contributed by atoms with Crippen LogP contribution in [-0.2, 0) is 4.79 Å². The second-order valence-electron chi connectivity index (χ2n) is 5.10. The van der Waals surface area contributed by atoms with Crippen molar-refractivity contribution >= 4 is 23.2 Å². The average Bonchev–Trinajstić information content (AvgIpc) is 1.98. The Morgan fingerprint density at radius 1 is 1.31 bits per heavy atom. The lowest BCUT2D eigenvalue weighted by atomic mass is 10.1. The third-order valence-corrected chi connectivity index (χ3v) is 1.83. The second-order valence-corrected chi connectivity index (χ2v) is 5.51. The molecule has 0 spiro atoms. The van der Waals surface area contributed by atoms with Crippen LogP contribution in [0, 0.1) is 0 Å². The summed E-state index contributed by atoms with van der Waals surface area (Å²) in [5.41, 5.74) is -0.173. The Kier molecular flexibility index (Phi) is 6.33. The van der Waals surface area contributed by atoms with E-state index in [0.717, 1.165) is 0 Å². The van der Waals surface area contributed by atoms with Gasteiger partial charge in [-0.3, -0.25) is 4.79 Å². The molecule has 0 heterocycles. The number of hydrogen-bond donors (Lipinski definition) is 3. The van der Waals surface area contributed by atoms with E-state index >= 15 is 0 Å². The molecule has 0 rings (SSSR count). The Balaban J connectivity index is 3.66. The molecule has 0 saturated carbocycles. The number of rotatable bonds is 4. The van der Waals surface area contributed by atoms with Gasteiger partial charge in [-0.2, -0.15) is 0 Å². The van der Waals surface area contributed by atoms with Crippen LogP contribution < -0.4 is 16.0 Å². The normalized spacial score (nSPS) is 11.1. The van der Waals surface area contributed by atoms with Gasteiger partial charge in [-0.05, 0) is 46.8 Å². The van der Waals surface area contributed by atoms with Gasteiger partial charge in [-0.15, -0.1) is 0 Å². The van der Waals surface area contributed by atoms with Crippen molar-refractivity contribution in [3.8, 4) is 0 Å². The van der Waals surface area contributed by atoms with Crippen LogP contribution in [0.2, 0.25) is 0 Å². The Labute approximate surface area is 104 Å². The number of thiocarbonyl (C=S) groups is 1. The summed E-state index contributed by atoms with van der Waals surface area (Å²) in [4.78, 5) is 11.4. The van der Waals surface area contributed by atoms with Crippen molar-refractivity contribution in [2.75, 3.05) is 6.54 Å². The number of amides is 1. The molecule has 0 aromatic rings. The zero-order valence-electron chi connectivity index (χ0n) is 10.8. The maximum Gasteiger partial charge on any atom is 0.222 e. The van der Waals surface area contributed by atoms with Gasteiger partial charge in [0.1, 0.15) is 0 Å². The summed E-state index contributed by atoms with van der Waals surface area (Å²) >= 11 is 5.04. The summed E-state index contributed by atoms with van der Waals surface area (Å²) < 4.78 is 0. The van der Waals surface area contributed by atoms with E-state index in [4.69, 9.17) is 12.2 Å². The predicted molar refractivity (Wildman–Crippen MR) is 71.4 cm³/mol. The molecule has 0 radical (unpaired) electrons. The van der Waals surface area contributed by atoms with Gasteiger partial charge in [0.2, 0.25) is 5.91 Å². The molecule has 94 valence electrons. The first kappa shape index (κ1) is 15.2. The lowest BCUT2D eigenvalue weighted by molar-refractivity contribution is -0.122. The van der Waals surface area contributed by atoms with Crippen LogP contribution in [0.3, 0.4) is 0 Å². The van der Waals surface area contributed by atoms with Crippen molar-refractivity contribution in [2.24, 2.45) is 0 Å². The van der Waals surface area contributed by atoms with Crippen LogP contribution in [0.15, 0.2) is 0 Å². The van der Waals surface area contributed by atoms with E-state index in [-0.39, 0.29) is 11.4 Å². The van der Waals surface area contributed by atoms with Crippen molar-refractivity contribution in [3.05, 3.63) is 0 Å². The molecule has 0 aliphatic carbocycles. The molecule has 5 heteroatoms. The maximum atomic E-state index is 11.4. The molecular formula is C11H23N3OS. The molecule has 0 saturated heterocycles. The topological polar surface area (TPSA) is 53.2 Å². The average molecular weight is 245 g/mol. The lowest BCUT2D eigenvalue weighted by Crippen LogP contribution is -2.43. The van der Waals surface area contributed by atoms with Gasteiger partial charge in [0.15, 0.2) is 5.11 Å². The molecule has 0 atom stereocenters. The molecule has 0 aliphatic heterocycles. The molecule has 0 fully saturated rings. The van der Waals surface area contributed by atoms with Gasteiger partial charge in [0.05, 0.1) is 0 Å². The van der Waals surface area contributed by atoms with Gasteiger partial charge < -0.3 is 16.0 Å². The minimum Gasteiger partial charge on any atom is -0.362 e. The third kappa shape index (κ3) is 9.71. The molecule has 1 amide bonds. The smallest absolute Gasteiger partial charge is 0.222 e. The summed E-state index contributed by atoms with van der Waals surface area (Å²) in [5.74, 6) is 0.0346. The highest BCUT2D eigenvalue weighted by Crippen LogP contribution is 1.98. The third-order valence-electron chi connectivity index (χ3n) is 1.57. The van der Waals surface area contributed by atoms with Crippen LogP contribution in [0.5, 0.6) is 0 Å². The van der Waals surface area contributed by atoms with Crippen molar-refractivity contribution in [2.45, 2.75) is 52.6 Å². The van der Waals surface area contributed by atoms with Crippen LogP contribution >= 0.6 is 12.2 Å². The first-order chi connectivity index (χ1) is 7.20. The molecule has 0 aromatic heterocycles. The number of carbonyl (C=O) groups excluding carboxylic acids is 1. The minimum absolute atomic E-state index is 0.0346. The highest BCUT2D eigenvalue weighted by atomic mass is 32.1. The number of nitrogens with one attached hydrogen (secondary N) is 3. The van der Waals surface area contributed by atoms with Gasteiger partial charge in [-0.25, -0.2) is 0 Å². The minimum atomic E-state index is -0.173. The standard InChI is InChI=1S/C11H23N3OS/c1-8(2)13-10(16)12-7-6-9(15)14-11(3,4)5/h8H,6-7H2,1-5H3,(H,14,15)(H2,12,13,16). The van der Waals surface area contributed by atoms with E-state index in [1.165, 1.54) is 0 Å². The van der Waals surface area contributed by atoms with E-state index in [1.807, 2.05) is 34.6 Å². The first-order valence-corrected chi connectivity index (χ1v) is 5.97. The SMILES string of the molecule is CC(C)NC(=S)NCCC(=O)NC(C)(C)C. The van der Waals surface area contributed by atoms with Crippen molar-refractivity contribution in [1.82, 2.24) is 16.0 Å². The quantitative estimate of drug-likeness (QED) is 0.651. The first-order valence-electron chi connectivity index (χ1n) is 5.56. The fourth-order valence-electron chi connectivity index (χ4n) is 1.08. The van der Waals surface area contributed by atoms with Crippen molar-refractivity contribution in [1.29, 1.82) is 0 Å². The largest absolute Gasteiger partial charge is 0.362 e. The molecule has 0 aromatic carbocycles. The van der Waals surface area contributed by atoms with E-state index in [2.05, 4.69) is 16.0 Å². The zero-order valence-corrected chi connectivity index (χ0v) is 11.6. The van der Waals surface area contributed by atoms with E-state index in [1.54, 1.807) is 0 Å². The van der Waals surface area contributed by atoms with Crippen LogP contribution in [0.1, 0.15) is 41.0 Å². The molecule has 4 nitrogen and oxygen atoms in total. The van der Waals surface area contributed by atoms with E-state index in [9.17, 15) is 4.79 Å². The summed E-state index contributed by atoms with van der Waals surface area (Å²) in [7, 11) is 0. The molecule has 0 aliphatic rings. The molecule has 3 N–H and O–H groups in total. The van der Waals surface area contributed by atoms with Crippen LogP contribution in [0.25, 0.3) is 0 Å². The Morgan fingerprint density at radius 2 is 1.88 bits per heavy atom. The summed E-state index contributed by atoms with van der Waals surface area (Å²) in [5, 5.41) is 9.53. The van der Waals surface area contributed by atoms with Gasteiger partial charge in [0.25, 0.3) is 0 Å². The number of hydrogen-bond acceptors (Lipinski definition) is 2. The van der Waals surface area contributed by atoms with E-state index in [0.29, 0.717) is 24.1 Å². The lowest BCUT2D eigenvalue weighted by Gasteiger charge is -2.20. The number of carbonyl (C=O) groups is 1. The molecule has 0 unspecified atom stereocenters. The molecular weight excluding hydrogens is 222 g/mol. The highest BCUT2D eigenvalue weighted by Gasteiger charge is 2.12.